The fourth-order valence-corrected chi connectivity index (χ4v) is 3.18. The lowest BCUT2D eigenvalue weighted by atomic mass is 10.0. The second-order valence-corrected chi connectivity index (χ2v) is 6.75. The summed E-state index contributed by atoms with van der Waals surface area (Å²) in [6, 6.07) is 13.1. The number of hydrogen-bond acceptors (Lipinski definition) is 5. The van der Waals surface area contributed by atoms with Gasteiger partial charge in [-0.25, -0.2) is 10.9 Å². The molecule has 6 nitrogen and oxygen atoms in total. The smallest absolute Gasteiger partial charge is 0.238 e. The second kappa shape index (κ2) is 9.08. The Bertz CT molecular complexity index is 783. The number of carbonyl (C=O) groups is 1. The molecule has 7 heteroatoms. The normalized spacial score (nSPS) is 18.9. The molecular formula is C20H24ClN3O3. The molecular weight excluding hydrogens is 366 g/mol. The molecule has 1 amide bonds. The molecule has 0 saturated carbocycles. The molecule has 27 heavy (non-hydrogen) atoms. The molecule has 2 aromatic rings. The van der Waals surface area contributed by atoms with Gasteiger partial charge in [0.25, 0.3) is 0 Å². The lowest BCUT2D eigenvalue weighted by Gasteiger charge is -2.13. The minimum Gasteiger partial charge on any atom is -0.493 e. The summed E-state index contributed by atoms with van der Waals surface area (Å²) >= 11 is 5.93. The van der Waals surface area contributed by atoms with E-state index in [9.17, 15) is 4.79 Å². The minimum absolute atomic E-state index is 0.0492. The molecule has 2 atom stereocenters. The summed E-state index contributed by atoms with van der Waals surface area (Å²) in [5.74, 6) is 1.31. The number of halogens is 1. The summed E-state index contributed by atoms with van der Waals surface area (Å²) in [4.78, 5) is 12.5. The number of nitrogens with one attached hydrogen (secondary N) is 3. The zero-order chi connectivity index (χ0) is 19.2. The molecule has 1 heterocycles. The van der Waals surface area contributed by atoms with Crippen LogP contribution in [0.2, 0.25) is 5.02 Å². The van der Waals surface area contributed by atoms with E-state index < -0.39 is 0 Å². The van der Waals surface area contributed by atoms with Crippen LogP contribution in [0.4, 0.5) is 0 Å². The Hall–Kier alpha value is -2.28. The quantitative estimate of drug-likeness (QED) is 0.679. The van der Waals surface area contributed by atoms with Gasteiger partial charge in [0.2, 0.25) is 5.91 Å². The lowest BCUT2D eigenvalue weighted by Crippen LogP contribution is -2.42. The van der Waals surface area contributed by atoms with Crippen molar-refractivity contribution >= 4 is 17.5 Å². The van der Waals surface area contributed by atoms with Gasteiger partial charge < -0.3 is 14.8 Å². The standard InChI is InChI=1S/C20H24ClN3O3/c1-3-27-18-9-4-13(10-19(18)26-2)12-22-20(25)17-11-16(23-24-17)14-5-7-15(21)8-6-14/h4-10,16-17,23-24H,3,11-12H2,1-2H3,(H,22,25). The summed E-state index contributed by atoms with van der Waals surface area (Å²) in [6.07, 6.45) is 0.667. The Morgan fingerprint density at radius 2 is 1.96 bits per heavy atom. The van der Waals surface area contributed by atoms with Crippen LogP contribution in [0.15, 0.2) is 42.5 Å². The van der Waals surface area contributed by atoms with Crippen molar-refractivity contribution < 1.29 is 14.3 Å². The predicted molar refractivity (Wildman–Crippen MR) is 105 cm³/mol. The van der Waals surface area contributed by atoms with E-state index in [0.29, 0.717) is 36.1 Å². The van der Waals surface area contributed by atoms with Gasteiger partial charge in [0, 0.05) is 17.6 Å². The van der Waals surface area contributed by atoms with E-state index in [0.717, 1.165) is 11.1 Å². The molecule has 1 aliphatic rings. The summed E-state index contributed by atoms with van der Waals surface area (Å²) in [5.41, 5.74) is 8.28. The number of carbonyl (C=O) groups excluding carboxylic acids is 1. The topological polar surface area (TPSA) is 71.6 Å². The Balaban J connectivity index is 1.54. The van der Waals surface area contributed by atoms with Gasteiger partial charge in [-0.05, 0) is 48.7 Å². The van der Waals surface area contributed by atoms with Crippen LogP contribution in [0.3, 0.4) is 0 Å². The Labute approximate surface area is 164 Å². The molecule has 2 aromatic carbocycles. The number of rotatable bonds is 7. The molecule has 1 saturated heterocycles. The van der Waals surface area contributed by atoms with Crippen LogP contribution in [0, 0.1) is 0 Å². The number of benzene rings is 2. The number of hydrogen-bond donors (Lipinski definition) is 3. The fraction of sp³-hybridized carbons (Fsp3) is 0.350. The molecule has 0 bridgehead atoms. The van der Waals surface area contributed by atoms with Crippen molar-refractivity contribution in [2.45, 2.75) is 32.0 Å². The minimum atomic E-state index is -0.296. The first kappa shape index (κ1) is 19.5. The van der Waals surface area contributed by atoms with E-state index in [4.69, 9.17) is 21.1 Å². The van der Waals surface area contributed by atoms with Crippen molar-refractivity contribution in [2.75, 3.05) is 13.7 Å². The highest BCUT2D eigenvalue weighted by atomic mass is 35.5. The van der Waals surface area contributed by atoms with Gasteiger partial charge in [0.15, 0.2) is 11.5 Å². The maximum absolute atomic E-state index is 12.5. The van der Waals surface area contributed by atoms with E-state index in [2.05, 4.69) is 16.2 Å². The SMILES string of the molecule is CCOc1ccc(CNC(=O)C2CC(c3ccc(Cl)cc3)NN2)cc1OC. The maximum Gasteiger partial charge on any atom is 0.238 e. The lowest BCUT2D eigenvalue weighted by molar-refractivity contribution is -0.123. The van der Waals surface area contributed by atoms with Crippen LogP contribution in [0.5, 0.6) is 11.5 Å². The summed E-state index contributed by atoms with van der Waals surface area (Å²) in [7, 11) is 1.60. The average molecular weight is 390 g/mol. The molecule has 0 aliphatic carbocycles. The van der Waals surface area contributed by atoms with Gasteiger partial charge in [0.1, 0.15) is 6.04 Å². The van der Waals surface area contributed by atoms with Crippen molar-refractivity contribution in [3.05, 3.63) is 58.6 Å². The average Bonchev–Trinajstić information content (AvgIpc) is 3.18. The number of ether oxygens (including phenoxy) is 2. The molecule has 1 fully saturated rings. The molecule has 0 spiro atoms. The first-order valence-corrected chi connectivity index (χ1v) is 9.32. The second-order valence-electron chi connectivity index (χ2n) is 6.32. The molecule has 0 radical (unpaired) electrons. The van der Waals surface area contributed by atoms with Crippen molar-refractivity contribution in [3.63, 3.8) is 0 Å². The number of hydrazine groups is 1. The maximum atomic E-state index is 12.5. The Kier molecular flexibility index (Phi) is 6.55. The number of amides is 1. The van der Waals surface area contributed by atoms with Crippen molar-refractivity contribution in [2.24, 2.45) is 0 Å². The monoisotopic (exact) mass is 389 g/mol. The van der Waals surface area contributed by atoms with Crippen molar-refractivity contribution in [1.29, 1.82) is 0 Å². The fourth-order valence-electron chi connectivity index (χ4n) is 3.05. The van der Waals surface area contributed by atoms with Crippen LogP contribution in [0.25, 0.3) is 0 Å². The highest BCUT2D eigenvalue weighted by Crippen LogP contribution is 2.28. The predicted octanol–water partition coefficient (Wildman–Crippen LogP) is 2.97. The van der Waals surface area contributed by atoms with Crippen LogP contribution >= 0.6 is 11.6 Å². The van der Waals surface area contributed by atoms with E-state index >= 15 is 0 Å². The van der Waals surface area contributed by atoms with Crippen molar-refractivity contribution in [1.82, 2.24) is 16.2 Å². The van der Waals surface area contributed by atoms with Crippen LogP contribution < -0.4 is 25.6 Å². The van der Waals surface area contributed by atoms with Crippen LogP contribution in [-0.4, -0.2) is 25.7 Å². The molecule has 1 aliphatic heterocycles. The first-order valence-electron chi connectivity index (χ1n) is 8.94. The summed E-state index contributed by atoms with van der Waals surface area (Å²) in [5, 5.41) is 3.66. The van der Waals surface area contributed by atoms with Gasteiger partial charge >= 0.3 is 0 Å². The van der Waals surface area contributed by atoms with E-state index in [-0.39, 0.29) is 18.0 Å². The first-order chi connectivity index (χ1) is 13.1. The van der Waals surface area contributed by atoms with Gasteiger partial charge in [0.05, 0.1) is 13.7 Å². The Morgan fingerprint density at radius 1 is 1.19 bits per heavy atom. The van der Waals surface area contributed by atoms with Crippen LogP contribution in [-0.2, 0) is 11.3 Å². The van der Waals surface area contributed by atoms with Gasteiger partial charge in [-0.15, -0.1) is 0 Å². The molecule has 2 unspecified atom stereocenters. The van der Waals surface area contributed by atoms with Gasteiger partial charge in [-0.1, -0.05) is 29.8 Å². The third-order valence-electron chi connectivity index (χ3n) is 4.49. The van der Waals surface area contributed by atoms with Crippen molar-refractivity contribution in [3.8, 4) is 11.5 Å². The van der Waals surface area contributed by atoms with Gasteiger partial charge in [-0.2, -0.15) is 0 Å². The summed E-state index contributed by atoms with van der Waals surface area (Å²) < 4.78 is 10.9. The van der Waals surface area contributed by atoms with E-state index in [1.165, 1.54) is 0 Å². The molecule has 144 valence electrons. The highest BCUT2D eigenvalue weighted by molar-refractivity contribution is 6.30. The third-order valence-corrected chi connectivity index (χ3v) is 4.74. The largest absolute Gasteiger partial charge is 0.493 e. The summed E-state index contributed by atoms with van der Waals surface area (Å²) in [6.45, 7) is 2.92. The Morgan fingerprint density at radius 3 is 2.67 bits per heavy atom. The van der Waals surface area contributed by atoms with E-state index in [1.807, 2.05) is 49.4 Å². The molecule has 3 rings (SSSR count). The zero-order valence-electron chi connectivity index (χ0n) is 15.4. The molecule has 0 aromatic heterocycles. The van der Waals surface area contributed by atoms with Crippen LogP contribution in [0.1, 0.15) is 30.5 Å². The zero-order valence-corrected chi connectivity index (χ0v) is 16.2. The van der Waals surface area contributed by atoms with E-state index in [1.54, 1.807) is 7.11 Å². The molecule has 3 N–H and O–H groups in total. The van der Waals surface area contributed by atoms with Gasteiger partial charge in [-0.3, -0.25) is 4.79 Å². The number of methoxy groups -OCH3 is 1. The third kappa shape index (κ3) is 4.91. The highest BCUT2D eigenvalue weighted by Gasteiger charge is 2.29.